The molecule has 0 radical (unpaired) electrons. The highest BCUT2D eigenvalue weighted by Crippen LogP contribution is 2.41. The topological polar surface area (TPSA) is 133 Å². The SMILES string of the molecule is CC(=O)O[C@H]1[C@H](n2cc(C#N)c(=O)[nH]c2=O)O[C@](C)(COCc2ccccc2)[C@H]1OCc1ccccc1. The molecule has 2 aromatic carbocycles. The van der Waals surface area contributed by atoms with E-state index in [2.05, 4.69) is 4.98 Å². The molecule has 0 spiro atoms. The summed E-state index contributed by atoms with van der Waals surface area (Å²) in [6.45, 7) is 3.50. The van der Waals surface area contributed by atoms with Crippen molar-refractivity contribution in [2.45, 2.75) is 51.1 Å². The van der Waals surface area contributed by atoms with Crippen LogP contribution in [0.4, 0.5) is 0 Å². The number of hydrogen-bond acceptors (Lipinski definition) is 8. The van der Waals surface area contributed by atoms with E-state index in [1.54, 1.807) is 13.0 Å². The maximum Gasteiger partial charge on any atom is 0.330 e. The fourth-order valence-electron chi connectivity index (χ4n) is 4.28. The van der Waals surface area contributed by atoms with Gasteiger partial charge in [-0.25, -0.2) is 4.79 Å². The maximum atomic E-state index is 12.7. The molecule has 1 aliphatic heterocycles. The number of nitrogens with zero attached hydrogens (tertiary/aromatic N) is 2. The minimum atomic E-state index is -1.19. The summed E-state index contributed by atoms with van der Waals surface area (Å²) in [7, 11) is 0. The predicted octanol–water partition coefficient (Wildman–Crippen LogP) is 2.43. The smallest absolute Gasteiger partial charge is 0.330 e. The molecule has 0 saturated carbocycles. The molecule has 0 unspecified atom stereocenters. The molecule has 1 N–H and O–H groups in total. The van der Waals surface area contributed by atoms with Crippen molar-refractivity contribution >= 4 is 5.97 Å². The van der Waals surface area contributed by atoms with Gasteiger partial charge in [0.05, 0.1) is 19.8 Å². The van der Waals surface area contributed by atoms with E-state index < -0.39 is 41.3 Å². The van der Waals surface area contributed by atoms with E-state index in [4.69, 9.17) is 18.9 Å². The van der Waals surface area contributed by atoms with Gasteiger partial charge in [-0.3, -0.25) is 19.1 Å². The number of carbonyl (C=O) groups is 1. The monoisotopic (exact) mass is 505 g/mol. The Bertz CT molecular complexity index is 1380. The number of nitriles is 1. The Morgan fingerprint density at radius 2 is 1.70 bits per heavy atom. The maximum absolute atomic E-state index is 12.7. The van der Waals surface area contributed by atoms with Crippen LogP contribution in [0.15, 0.2) is 76.4 Å². The van der Waals surface area contributed by atoms with Crippen molar-refractivity contribution in [3.05, 3.63) is 104 Å². The molecule has 1 fully saturated rings. The van der Waals surface area contributed by atoms with Gasteiger partial charge >= 0.3 is 11.7 Å². The van der Waals surface area contributed by atoms with Gasteiger partial charge in [0.15, 0.2) is 12.3 Å². The van der Waals surface area contributed by atoms with Crippen molar-refractivity contribution in [2.24, 2.45) is 0 Å². The minimum absolute atomic E-state index is 0.0405. The van der Waals surface area contributed by atoms with Gasteiger partial charge < -0.3 is 18.9 Å². The van der Waals surface area contributed by atoms with Gasteiger partial charge in [0.1, 0.15) is 23.3 Å². The highest BCUT2D eigenvalue weighted by Gasteiger charge is 2.56. The first kappa shape index (κ1) is 26.0. The number of rotatable bonds is 9. The molecular formula is C27H27N3O7. The molecule has 37 heavy (non-hydrogen) atoms. The largest absolute Gasteiger partial charge is 0.455 e. The Morgan fingerprint density at radius 1 is 1.08 bits per heavy atom. The van der Waals surface area contributed by atoms with Crippen LogP contribution in [0.25, 0.3) is 0 Å². The summed E-state index contributed by atoms with van der Waals surface area (Å²) in [5, 5.41) is 9.32. The zero-order chi connectivity index (χ0) is 26.4. The molecule has 10 heteroatoms. The summed E-state index contributed by atoms with van der Waals surface area (Å²) < 4.78 is 25.2. The molecule has 1 saturated heterocycles. The van der Waals surface area contributed by atoms with Gasteiger partial charge in [-0.05, 0) is 18.1 Å². The lowest BCUT2D eigenvalue weighted by Gasteiger charge is -2.31. The molecule has 192 valence electrons. The van der Waals surface area contributed by atoms with Crippen LogP contribution in [-0.4, -0.2) is 39.9 Å². The van der Waals surface area contributed by atoms with Gasteiger partial charge in [0.2, 0.25) is 0 Å². The molecule has 1 aliphatic rings. The van der Waals surface area contributed by atoms with Crippen molar-refractivity contribution in [3.8, 4) is 6.07 Å². The quantitative estimate of drug-likeness (QED) is 0.439. The van der Waals surface area contributed by atoms with E-state index in [1.807, 2.05) is 60.7 Å². The predicted molar refractivity (Wildman–Crippen MR) is 131 cm³/mol. The molecule has 0 aliphatic carbocycles. The van der Waals surface area contributed by atoms with Crippen LogP contribution in [0.5, 0.6) is 0 Å². The van der Waals surface area contributed by atoms with Crippen molar-refractivity contribution in [3.63, 3.8) is 0 Å². The van der Waals surface area contributed by atoms with Crippen LogP contribution in [0.2, 0.25) is 0 Å². The Hall–Kier alpha value is -4.04. The van der Waals surface area contributed by atoms with Crippen LogP contribution in [0.1, 0.15) is 36.8 Å². The van der Waals surface area contributed by atoms with Gasteiger partial charge in [-0.15, -0.1) is 0 Å². The zero-order valence-corrected chi connectivity index (χ0v) is 20.5. The molecule has 0 amide bonds. The Labute approximate surface area is 213 Å². The number of H-pyrrole nitrogens is 1. The normalized spacial score (nSPS) is 22.9. The molecule has 10 nitrogen and oxygen atoms in total. The molecule has 3 aromatic rings. The molecular weight excluding hydrogens is 478 g/mol. The number of benzene rings is 2. The average Bonchev–Trinajstić information content (AvgIpc) is 3.14. The highest BCUT2D eigenvalue weighted by atomic mass is 16.6. The second-order valence-corrected chi connectivity index (χ2v) is 8.91. The van der Waals surface area contributed by atoms with Gasteiger partial charge in [0, 0.05) is 13.1 Å². The summed E-state index contributed by atoms with van der Waals surface area (Å²) in [5.74, 6) is -0.612. The first-order chi connectivity index (χ1) is 17.8. The van der Waals surface area contributed by atoms with E-state index in [0.717, 1.165) is 21.9 Å². The number of hydrogen-bond donors (Lipinski definition) is 1. The number of carbonyl (C=O) groups excluding carboxylic acids is 1. The van der Waals surface area contributed by atoms with Gasteiger partial charge in [-0.2, -0.15) is 5.26 Å². The Kier molecular flexibility index (Phi) is 7.98. The van der Waals surface area contributed by atoms with Crippen LogP contribution in [-0.2, 0) is 37.0 Å². The molecule has 2 heterocycles. The number of aromatic nitrogens is 2. The standard InChI is InChI=1S/C27H27N3O7/c1-18(31)36-22-23(35-16-20-11-7-4-8-12-20)27(2,17-34-15-19-9-5-3-6-10-19)37-25(22)30-14-21(13-28)24(32)29-26(30)33/h3-12,14,22-23,25H,15-17H2,1-2H3,(H,29,32,33)/t22-,23+,25-,27-/m1/s1. The first-order valence-electron chi connectivity index (χ1n) is 11.7. The van der Waals surface area contributed by atoms with Gasteiger partial charge in [-0.1, -0.05) is 60.7 Å². The summed E-state index contributed by atoms with van der Waals surface area (Å²) in [6, 6.07) is 20.7. The Morgan fingerprint density at radius 3 is 2.30 bits per heavy atom. The van der Waals surface area contributed by atoms with E-state index in [9.17, 15) is 19.6 Å². The van der Waals surface area contributed by atoms with E-state index in [1.165, 1.54) is 6.92 Å². The molecule has 1 aromatic heterocycles. The summed E-state index contributed by atoms with van der Waals surface area (Å²) in [6.07, 6.45) is -2.04. The van der Waals surface area contributed by atoms with Crippen molar-refractivity contribution in [1.29, 1.82) is 5.26 Å². The first-order valence-corrected chi connectivity index (χ1v) is 11.7. The summed E-state index contributed by atoms with van der Waals surface area (Å²) in [4.78, 5) is 38.9. The molecule has 4 atom stereocenters. The third kappa shape index (κ3) is 6.03. The number of ether oxygens (including phenoxy) is 4. The van der Waals surface area contributed by atoms with Crippen molar-refractivity contribution in [2.75, 3.05) is 6.61 Å². The van der Waals surface area contributed by atoms with Crippen LogP contribution in [0.3, 0.4) is 0 Å². The van der Waals surface area contributed by atoms with E-state index >= 15 is 0 Å². The fraction of sp³-hybridized carbons (Fsp3) is 0.333. The second-order valence-electron chi connectivity index (χ2n) is 8.91. The highest BCUT2D eigenvalue weighted by molar-refractivity contribution is 5.66. The second kappa shape index (κ2) is 11.3. The van der Waals surface area contributed by atoms with Crippen LogP contribution >= 0.6 is 0 Å². The lowest BCUT2D eigenvalue weighted by molar-refractivity contribution is -0.159. The lowest BCUT2D eigenvalue weighted by Crippen LogP contribution is -2.47. The average molecular weight is 506 g/mol. The van der Waals surface area contributed by atoms with Crippen molar-refractivity contribution < 1.29 is 23.7 Å². The molecule has 4 rings (SSSR count). The van der Waals surface area contributed by atoms with Gasteiger partial charge in [0.25, 0.3) is 5.56 Å². The fourth-order valence-corrected chi connectivity index (χ4v) is 4.28. The third-order valence-electron chi connectivity index (χ3n) is 6.01. The van der Waals surface area contributed by atoms with Crippen LogP contribution < -0.4 is 11.2 Å². The minimum Gasteiger partial charge on any atom is -0.455 e. The lowest BCUT2D eigenvalue weighted by atomic mass is 9.97. The molecule has 0 bridgehead atoms. The number of nitrogens with one attached hydrogen (secondary N) is 1. The number of esters is 1. The van der Waals surface area contributed by atoms with Crippen molar-refractivity contribution in [1.82, 2.24) is 9.55 Å². The third-order valence-corrected chi connectivity index (χ3v) is 6.01. The van der Waals surface area contributed by atoms with E-state index in [0.29, 0.717) is 6.61 Å². The summed E-state index contributed by atoms with van der Waals surface area (Å²) >= 11 is 0. The zero-order valence-electron chi connectivity index (χ0n) is 20.5. The van der Waals surface area contributed by atoms with Crippen LogP contribution in [0, 0.1) is 11.3 Å². The summed E-state index contributed by atoms with van der Waals surface area (Å²) in [5.41, 5.74) is -1.27. The number of aromatic amines is 1. The van der Waals surface area contributed by atoms with E-state index in [-0.39, 0.29) is 18.8 Å². The Balaban J connectivity index is 1.68.